The average molecular weight is 434 g/mol. The van der Waals surface area contributed by atoms with Crippen LogP contribution in [0.1, 0.15) is 10.4 Å². The molecule has 11 heteroatoms. The van der Waals surface area contributed by atoms with Crippen molar-refractivity contribution in [2.45, 2.75) is 10.7 Å². The third-order valence-electron chi connectivity index (χ3n) is 3.42. The molecule has 2 rings (SSSR count). The van der Waals surface area contributed by atoms with Crippen LogP contribution >= 0.6 is 11.6 Å². The molecule has 0 spiro atoms. The number of esters is 1. The summed E-state index contributed by atoms with van der Waals surface area (Å²) in [6.07, 6.45) is 0. The number of anilines is 1. The Labute approximate surface area is 164 Å². The maximum atomic E-state index is 12.5. The molecule has 0 saturated carbocycles. The first-order valence-electron chi connectivity index (χ1n) is 7.57. The van der Waals surface area contributed by atoms with Crippen LogP contribution in [0.15, 0.2) is 47.4 Å². The third kappa shape index (κ3) is 5.17. The minimum atomic E-state index is -4.76. The number of ether oxygens (including phenoxy) is 2. The number of nitrogens with one attached hydrogen (secondary N) is 1. The van der Waals surface area contributed by atoms with E-state index in [1.807, 2.05) is 0 Å². The smallest absolute Gasteiger partial charge is 0.341 e. The van der Waals surface area contributed by atoms with Gasteiger partial charge in [0.05, 0.1) is 22.6 Å². The molecule has 0 bridgehead atoms. The Hall–Kier alpha value is -2.72. The maximum absolute atomic E-state index is 12.5. The summed E-state index contributed by atoms with van der Waals surface area (Å²) in [6.45, 7) is -0.625. The standard InChI is InChI=1S/C17H14ClF2NO6S/c1-26-14-7-4-11(8-13(14)18)21-15(22)9-27-16(23)10-2-5-12(6-3-10)28(24,25)17(19)20/h2-8,17H,9H2,1H3,(H,21,22). The van der Waals surface area contributed by atoms with Gasteiger partial charge in [0.2, 0.25) is 9.84 Å². The molecule has 7 nitrogen and oxygen atoms in total. The van der Waals surface area contributed by atoms with E-state index in [0.717, 1.165) is 24.3 Å². The van der Waals surface area contributed by atoms with E-state index in [9.17, 15) is 26.8 Å². The molecule has 2 aromatic rings. The summed E-state index contributed by atoms with van der Waals surface area (Å²) in [4.78, 5) is 23.1. The quantitative estimate of drug-likeness (QED) is 0.673. The third-order valence-corrected chi connectivity index (χ3v) is 5.12. The number of sulfone groups is 1. The predicted molar refractivity (Wildman–Crippen MR) is 96.5 cm³/mol. The summed E-state index contributed by atoms with van der Waals surface area (Å²) in [5.41, 5.74) is 0.252. The molecule has 1 N–H and O–H groups in total. The highest BCUT2D eigenvalue weighted by Gasteiger charge is 2.26. The molecule has 0 heterocycles. The first-order valence-corrected chi connectivity index (χ1v) is 9.50. The number of carbonyl (C=O) groups is 2. The Morgan fingerprint density at radius 1 is 1.14 bits per heavy atom. The summed E-state index contributed by atoms with van der Waals surface area (Å²) in [7, 11) is -3.32. The summed E-state index contributed by atoms with van der Waals surface area (Å²) >= 11 is 5.93. The van der Waals surface area contributed by atoms with Gasteiger partial charge in [0.15, 0.2) is 6.61 Å². The summed E-state index contributed by atoms with van der Waals surface area (Å²) < 4.78 is 57.4. The number of halogens is 3. The van der Waals surface area contributed by atoms with Crippen molar-refractivity contribution in [3.05, 3.63) is 53.1 Å². The lowest BCUT2D eigenvalue weighted by Crippen LogP contribution is -2.21. The number of hydrogen-bond acceptors (Lipinski definition) is 6. The molecular weight excluding hydrogens is 420 g/mol. The van der Waals surface area contributed by atoms with Crippen LogP contribution in [0.25, 0.3) is 0 Å². The predicted octanol–water partition coefficient (Wildman–Crippen LogP) is 3.14. The maximum Gasteiger partial charge on any atom is 0.341 e. The first kappa shape index (κ1) is 21.6. The van der Waals surface area contributed by atoms with Crippen LogP contribution < -0.4 is 10.1 Å². The van der Waals surface area contributed by atoms with Crippen LogP contribution in [0, 0.1) is 0 Å². The van der Waals surface area contributed by atoms with Crippen molar-refractivity contribution in [1.29, 1.82) is 0 Å². The van der Waals surface area contributed by atoms with Gasteiger partial charge in [-0.15, -0.1) is 0 Å². The van der Waals surface area contributed by atoms with E-state index < -0.39 is 39.0 Å². The molecule has 0 aliphatic rings. The lowest BCUT2D eigenvalue weighted by Gasteiger charge is -2.09. The van der Waals surface area contributed by atoms with Crippen LogP contribution in [-0.2, 0) is 19.4 Å². The Morgan fingerprint density at radius 3 is 2.32 bits per heavy atom. The van der Waals surface area contributed by atoms with Crippen molar-refractivity contribution in [1.82, 2.24) is 0 Å². The van der Waals surface area contributed by atoms with Gasteiger partial charge in [-0.05, 0) is 42.5 Å². The molecular formula is C17H14ClF2NO6S. The van der Waals surface area contributed by atoms with Gasteiger partial charge >= 0.3 is 11.7 Å². The van der Waals surface area contributed by atoms with Crippen LogP contribution in [0.2, 0.25) is 5.02 Å². The topological polar surface area (TPSA) is 98.8 Å². The number of rotatable bonds is 7. The summed E-state index contributed by atoms with van der Waals surface area (Å²) in [5, 5.41) is 2.74. The van der Waals surface area contributed by atoms with Crippen molar-refractivity contribution in [2.75, 3.05) is 19.0 Å². The Kier molecular flexibility index (Phi) is 6.92. The molecule has 0 radical (unpaired) electrons. The lowest BCUT2D eigenvalue weighted by molar-refractivity contribution is -0.119. The largest absolute Gasteiger partial charge is 0.495 e. The number of alkyl halides is 2. The number of benzene rings is 2. The average Bonchev–Trinajstić information content (AvgIpc) is 2.66. The fraction of sp³-hybridized carbons (Fsp3) is 0.176. The molecule has 1 amide bonds. The minimum absolute atomic E-state index is 0.103. The van der Waals surface area contributed by atoms with E-state index in [-0.39, 0.29) is 10.6 Å². The lowest BCUT2D eigenvalue weighted by atomic mass is 10.2. The highest BCUT2D eigenvalue weighted by molar-refractivity contribution is 7.91. The zero-order chi connectivity index (χ0) is 20.9. The number of amides is 1. The van der Waals surface area contributed by atoms with Crippen LogP contribution in [-0.4, -0.2) is 39.8 Å². The second-order valence-corrected chi connectivity index (χ2v) is 7.63. The highest BCUT2D eigenvalue weighted by Crippen LogP contribution is 2.27. The number of methoxy groups -OCH3 is 1. The highest BCUT2D eigenvalue weighted by atomic mass is 35.5. The van der Waals surface area contributed by atoms with Gasteiger partial charge in [0.25, 0.3) is 5.91 Å². The first-order chi connectivity index (χ1) is 13.1. The number of carbonyl (C=O) groups excluding carboxylic acids is 2. The Morgan fingerprint density at radius 2 is 1.79 bits per heavy atom. The monoisotopic (exact) mass is 433 g/mol. The van der Waals surface area contributed by atoms with Gasteiger partial charge in [-0.2, -0.15) is 8.78 Å². The molecule has 150 valence electrons. The Balaban J connectivity index is 1.94. The molecule has 0 unspecified atom stereocenters. The van der Waals surface area contributed by atoms with E-state index in [4.69, 9.17) is 21.1 Å². The van der Waals surface area contributed by atoms with Gasteiger partial charge in [-0.25, -0.2) is 13.2 Å². The van der Waals surface area contributed by atoms with Gasteiger partial charge in [0, 0.05) is 5.69 Å². The van der Waals surface area contributed by atoms with Crippen molar-refractivity contribution >= 4 is 39.0 Å². The fourth-order valence-electron chi connectivity index (χ4n) is 2.04. The fourth-order valence-corrected chi connectivity index (χ4v) is 3.02. The second kappa shape index (κ2) is 8.98. The molecule has 0 aliphatic heterocycles. The van der Waals surface area contributed by atoms with Gasteiger partial charge in [-0.1, -0.05) is 11.6 Å². The molecule has 0 aromatic heterocycles. The summed E-state index contributed by atoms with van der Waals surface area (Å²) in [6, 6.07) is 8.26. The van der Waals surface area contributed by atoms with Crippen LogP contribution in [0.5, 0.6) is 5.75 Å². The minimum Gasteiger partial charge on any atom is -0.495 e. The SMILES string of the molecule is COc1ccc(NC(=O)COC(=O)c2ccc(S(=O)(=O)C(F)F)cc2)cc1Cl. The molecule has 28 heavy (non-hydrogen) atoms. The second-order valence-electron chi connectivity index (χ2n) is 5.30. The molecule has 2 aromatic carbocycles. The molecule has 0 aliphatic carbocycles. The van der Waals surface area contributed by atoms with Crippen molar-refractivity contribution in [3.63, 3.8) is 0 Å². The van der Waals surface area contributed by atoms with Gasteiger partial charge in [0.1, 0.15) is 5.75 Å². The van der Waals surface area contributed by atoms with E-state index >= 15 is 0 Å². The van der Waals surface area contributed by atoms with E-state index in [1.54, 1.807) is 6.07 Å². The summed E-state index contributed by atoms with van der Waals surface area (Å²) in [5.74, 6) is -4.72. The van der Waals surface area contributed by atoms with E-state index in [1.165, 1.54) is 19.2 Å². The van der Waals surface area contributed by atoms with Gasteiger partial charge < -0.3 is 14.8 Å². The number of hydrogen-bond donors (Lipinski definition) is 1. The molecule has 0 fully saturated rings. The van der Waals surface area contributed by atoms with Crippen molar-refractivity contribution in [2.24, 2.45) is 0 Å². The van der Waals surface area contributed by atoms with E-state index in [2.05, 4.69) is 5.32 Å². The zero-order valence-corrected chi connectivity index (χ0v) is 15.9. The zero-order valence-electron chi connectivity index (χ0n) is 14.3. The molecule has 0 atom stereocenters. The normalized spacial score (nSPS) is 11.2. The van der Waals surface area contributed by atoms with Crippen LogP contribution in [0.3, 0.4) is 0 Å². The van der Waals surface area contributed by atoms with Crippen molar-refractivity contribution in [3.8, 4) is 5.75 Å². The van der Waals surface area contributed by atoms with Crippen molar-refractivity contribution < 1.29 is 36.3 Å². The molecule has 0 saturated heterocycles. The van der Waals surface area contributed by atoms with Crippen LogP contribution in [0.4, 0.5) is 14.5 Å². The Bertz CT molecular complexity index is 980. The van der Waals surface area contributed by atoms with Gasteiger partial charge in [-0.3, -0.25) is 4.79 Å². The van der Waals surface area contributed by atoms with E-state index in [0.29, 0.717) is 11.4 Å².